The van der Waals surface area contributed by atoms with E-state index < -0.39 is 28.2 Å². The smallest absolute Gasteiger partial charge is 0.332 e. The van der Waals surface area contributed by atoms with E-state index in [0.29, 0.717) is 18.5 Å². The number of aromatic amines is 1. The zero-order chi connectivity index (χ0) is 14.0. The monoisotopic (exact) mass is 289 g/mol. The van der Waals surface area contributed by atoms with Gasteiger partial charge in [0.2, 0.25) is 10.0 Å². The number of sulfonamides is 1. The van der Waals surface area contributed by atoms with Gasteiger partial charge in [0.25, 0.3) is 0 Å². The molecule has 0 aliphatic carbocycles. The highest BCUT2D eigenvalue weighted by Gasteiger charge is 2.31. The Kier molecular flexibility index (Phi) is 3.88. The van der Waals surface area contributed by atoms with Crippen molar-refractivity contribution in [1.29, 1.82) is 0 Å². The van der Waals surface area contributed by atoms with E-state index in [9.17, 15) is 13.2 Å². The lowest BCUT2D eigenvalue weighted by atomic mass is 10.2. The fourth-order valence-electron chi connectivity index (χ4n) is 1.93. The van der Waals surface area contributed by atoms with Crippen LogP contribution in [0, 0.1) is 6.92 Å². The Balaban J connectivity index is 1.93. The fraction of sp³-hybridized carbons (Fsp3) is 0.600. The molecule has 0 radical (unpaired) electrons. The van der Waals surface area contributed by atoms with Crippen molar-refractivity contribution < 1.29 is 23.1 Å². The SMILES string of the molecule is Cc1[nH]ncc1S(=O)(=O)NCC1CCC(C(=O)O)O1. The number of hydrogen-bond acceptors (Lipinski definition) is 5. The van der Waals surface area contributed by atoms with Crippen LogP contribution in [-0.4, -0.2) is 48.4 Å². The molecular weight excluding hydrogens is 274 g/mol. The minimum Gasteiger partial charge on any atom is -0.479 e. The Morgan fingerprint density at radius 3 is 2.89 bits per heavy atom. The summed E-state index contributed by atoms with van der Waals surface area (Å²) in [5.41, 5.74) is 0.447. The van der Waals surface area contributed by atoms with Crippen molar-refractivity contribution in [3.63, 3.8) is 0 Å². The molecule has 1 fully saturated rings. The van der Waals surface area contributed by atoms with E-state index in [1.165, 1.54) is 6.20 Å². The summed E-state index contributed by atoms with van der Waals surface area (Å²) in [4.78, 5) is 10.8. The number of H-pyrrole nitrogens is 1. The maximum atomic E-state index is 11.9. The number of nitrogens with zero attached hydrogens (tertiary/aromatic N) is 1. The summed E-state index contributed by atoms with van der Waals surface area (Å²) < 4.78 is 31.5. The van der Waals surface area contributed by atoms with Gasteiger partial charge < -0.3 is 9.84 Å². The molecule has 1 aliphatic heterocycles. The third-order valence-electron chi connectivity index (χ3n) is 2.96. The highest BCUT2D eigenvalue weighted by molar-refractivity contribution is 7.89. The molecule has 1 aromatic rings. The minimum atomic E-state index is -3.64. The van der Waals surface area contributed by atoms with Crippen molar-refractivity contribution in [2.45, 2.75) is 36.9 Å². The molecule has 2 atom stereocenters. The van der Waals surface area contributed by atoms with Gasteiger partial charge in [-0.15, -0.1) is 0 Å². The Bertz CT molecular complexity index is 567. The first-order valence-corrected chi connectivity index (χ1v) is 7.26. The van der Waals surface area contributed by atoms with Crippen molar-refractivity contribution in [2.24, 2.45) is 0 Å². The van der Waals surface area contributed by atoms with Crippen LogP contribution in [0.4, 0.5) is 0 Å². The third-order valence-corrected chi connectivity index (χ3v) is 4.49. The zero-order valence-electron chi connectivity index (χ0n) is 10.3. The van der Waals surface area contributed by atoms with Gasteiger partial charge in [-0.25, -0.2) is 17.9 Å². The second kappa shape index (κ2) is 5.27. The average Bonchev–Trinajstić information content (AvgIpc) is 2.95. The number of aryl methyl sites for hydroxylation is 1. The van der Waals surface area contributed by atoms with E-state index in [0.717, 1.165) is 0 Å². The second-order valence-corrected chi connectivity index (χ2v) is 6.11. The molecule has 9 heteroatoms. The normalized spacial score (nSPS) is 23.6. The molecule has 2 heterocycles. The van der Waals surface area contributed by atoms with E-state index >= 15 is 0 Å². The average molecular weight is 289 g/mol. The molecule has 1 saturated heterocycles. The molecule has 0 amide bonds. The van der Waals surface area contributed by atoms with Gasteiger partial charge in [0.05, 0.1) is 18.0 Å². The van der Waals surface area contributed by atoms with E-state index in [1.807, 2.05) is 0 Å². The molecule has 1 aromatic heterocycles. The van der Waals surface area contributed by atoms with Gasteiger partial charge in [0.1, 0.15) is 4.90 Å². The van der Waals surface area contributed by atoms with Crippen LogP contribution in [0.15, 0.2) is 11.1 Å². The molecule has 0 spiro atoms. The highest BCUT2D eigenvalue weighted by atomic mass is 32.2. The Hall–Kier alpha value is -1.45. The summed E-state index contributed by atoms with van der Waals surface area (Å²) in [6.45, 7) is 1.66. The van der Waals surface area contributed by atoms with Crippen LogP contribution >= 0.6 is 0 Å². The van der Waals surface area contributed by atoms with Crippen LogP contribution in [0.25, 0.3) is 0 Å². The van der Waals surface area contributed by atoms with Crippen LogP contribution in [0.2, 0.25) is 0 Å². The van der Waals surface area contributed by atoms with Crippen LogP contribution < -0.4 is 4.72 Å². The van der Waals surface area contributed by atoms with Crippen LogP contribution in [-0.2, 0) is 19.6 Å². The van der Waals surface area contributed by atoms with Gasteiger partial charge in [0.15, 0.2) is 6.10 Å². The van der Waals surface area contributed by atoms with Crippen LogP contribution in [0.5, 0.6) is 0 Å². The first-order valence-electron chi connectivity index (χ1n) is 5.78. The summed E-state index contributed by atoms with van der Waals surface area (Å²) in [5.74, 6) is -1.02. The van der Waals surface area contributed by atoms with E-state index in [4.69, 9.17) is 9.84 Å². The first-order chi connectivity index (χ1) is 8.90. The van der Waals surface area contributed by atoms with Crippen molar-refractivity contribution >= 4 is 16.0 Å². The first kappa shape index (κ1) is 14.0. The number of aromatic nitrogens is 2. The van der Waals surface area contributed by atoms with E-state index in [2.05, 4.69) is 14.9 Å². The van der Waals surface area contributed by atoms with Gasteiger partial charge >= 0.3 is 5.97 Å². The van der Waals surface area contributed by atoms with Crippen molar-refractivity contribution in [1.82, 2.24) is 14.9 Å². The number of rotatable bonds is 5. The van der Waals surface area contributed by atoms with Gasteiger partial charge in [-0.3, -0.25) is 5.10 Å². The third kappa shape index (κ3) is 3.11. The maximum absolute atomic E-state index is 11.9. The van der Waals surface area contributed by atoms with E-state index in [1.54, 1.807) is 6.92 Å². The summed E-state index contributed by atoms with van der Waals surface area (Å²) in [5, 5.41) is 15.0. The number of carboxylic acids is 1. The number of nitrogens with one attached hydrogen (secondary N) is 2. The maximum Gasteiger partial charge on any atom is 0.332 e. The molecule has 0 aromatic carbocycles. The highest BCUT2D eigenvalue weighted by Crippen LogP contribution is 2.20. The van der Waals surface area contributed by atoms with Crippen molar-refractivity contribution in [3.8, 4) is 0 Å². The Morgan fingerprint density at radius 1 is 1.63 bits per heavy atom. The largest absolute Gasteiger partial charge is 0.479 e. The number of aliphatic carboxylic acids is 1. The molecule has 2 rings (SSSR count). The summed E-state index contributed by atoms with van der Waals surface area (Å²) in [6, 6.07) is 0. The number of ether oxygens (including phenoxy) is 1. The van der Waals surface area contributed by atoms with Crippen molar-refractivity contribution in [3.05, 3.63) is 11.9 Å². The molecule has 106 valence electrons. The minimum absolute atomic E-state index is 0.0523. The molecule has 1 aliphatic rings. The quantitative estimate of drug-likeness (QED) is 0.680. The lowest BCUT2D eigenvalue weighted by Crippen LogP contribution is -2.33. The van der Waals surface area contributed by atoms with Gasteiger partial charge in [-0.2, -0.15) is 5.10 Å². The van der Waals surface area contributed by atoms with Crippen LogP contribution in [0.1, 0.15) is 18.5 Å². The fourth-order valence-corrected chi connectivity index (χ4v) is 3.13. The standard InChI is InChI=1S/C10H15N3O5S/c1-6-9(5-11-13-6)19(16,17)12-4-7-2-3-8(18-7)10(14)15/h5,7-8,12H,2-4H2,1H3,(H,11,13)(H,14,15). The lowest BCUT2D eigenvalue weighted by molar-refractivity contribution is -0.149. The topological polar surface area (TPSA) is 121 Å². The molecule has 0 saturated carbocycles. The Labute approximate surface area is 110 Å². The summed E-state index contributed by atoms with van der Waals surface area (Å²) >= 11 is 0. The lowest BCUT2D eigenvalue weighted by Gasteiger charge is -2.12. The van der Waals surface area contributed by atoms with Gasteiger partial charge in [-0.05, 0) is 19.8 Å². The van der Waals surface area contributed by atoms with Gasteiger partial charge in [-0.1, -0.05) is 0 Å². The van der Waals surface area contributed by atoms with Crippen molar-refractivity contribution in [2.75, 3.05) is 6.54 Å². The molecular formula is C10H15N3O5S. The number of carbonyl (C=O) groups is 1. The molecule has 0 bridgehead atoms. The van der Waals surface area contributed by atoms with E-state index in [-0.39, 0.29) is 11.4 Å². The summed E-state index contributed by atoms with van der Waals surface area (Å²) in [6.07, 6.45) is 0.886. The summed E-state index contributed by atoms with van der Waals surface area (Å²) in [7, 11) is -3.64. The van der Waals surface area contributed by atoms with Gasteiger partial charge in [0, 0.05) is 6.54 Å². The predicted octanol–water partition coefficient (Wildman–Crippen LogP) is -0.371. The predicted molar refractivity (Wildman–Crippen MR) is 64.0 cm³/mol. The molecule has 3 N–H and O–H groups in total. The molecule has 2 unspecified atom stereocenters. The molecule has 8 nitrogen and oxygen atoms in total. The van der Waals surface area contributed by atoms with Crippen LogP contribution in [0.3, 0.4) is 0 Å². The zero-order valence-corrected chi connectivity index (χ0v) is 11.1. The molecule has 19 heavy (non-hydrogen) atoms. The number of carboxylic acid groups (broad SMARTS) is 1. The Morgan fingerprint density at radius 2 is 2.37 bits per heavy atom. The second-order valence-electron chi connectivity index (χ2n) is 4.37. The number of hydrogen-bond donors (Lipinski definition) is 3.